The third kappa shape index (κ3) is 3.63. The third-order valence-electron chi connectivity index (χ3n) is 1.09. The van der Waals surface area contributed by atoms with Crippen molar-refractivity contribution in [3.05, 3.63) is 29.3 Å². The first kappa shape index (κ1) is 10.1. The summed E-state index contributed by atoms with van der Waals surface area (Å²) in [5, 5.41) is 0.628. The molecule has 1 rings (SSSR count). The SMILES string of the molecule is CP(=O)(O)Sc1ccc(Cl)cc1. The van der Waals surface area contributed by atoms with E-state index in [0.29, 0.717) is 5.02 Å². The van der Waals surface area contributed by atoms with Gasteiger partial charge in [0.1, 0.15) is 0 Å². The minimum atomic E-state index is -3.03. The lowest BCUT2D eigenvalue weighted by Gasteiger charge is -2.03. The molecule has 1 unspecified atom stereocenters. The van der Waals surface area contributed by atoms with Crippen molar-refractivity contribution >= 4 is 29.6 Å². The van der Waals surface area contributed by atoms with Crippen LogP contribution in [0, 0.1) is 0 Å². The number of hydrogen-bond donors (Lipinski definition) is 1. The molecule has 0 aliphatic carbocycles. The Kier molecular flexibility index (Phi) is 3.24. The minimum absolute atomic E-state index is 0.628. The maximum absolute atomic E-state index is 11.0. The van der Waals surface area contributed by atoms with E-state index in [1.807, 2.05) is 0 Å². The molecule has 0 bridgehead atoms. The van der Waals surface area contributed by atoms with Gasteiger partial charge in [-0.05, 0) is 35.6 Å². The number of benzene rings is 1. The number of halogens is 1. The molecule has 1 atom stereocenters. The topological polar surface area (TPSA) is 37.3 Å². The number of rotatable bonds is 2. The summed E-state index contributed by atoms with van der Waals surface area (Å²) in [5.41, 5.74) is 0. The Morgan fingerprint density at radius 1 is 1.42 bits per heavy atom. The molecule has 66 valence electrons. The van der Waals surface area contributed by atoms with Crippen molar-refractivity contribution in [3.8, 4) is 0 Å². The van der Waals surface area contributed by atoms with Crippen molar-refractivity contribution in [2.45, 2.75) is 4.90 Å². The number of hydrogen-bond acceptors (Lipinski definition) is 2. The molecule has 1 aromatic carbocycles. The fourth-order valence-electron chi connectivity index (χ4n) is 0.691. The predicted molar refractivity (Wildman–Crippen MR) is 53.1 cm³/mol. The summed E-state index contributed by atoms with van der Waals surface area (Å²) in [5.74, 6) is 0. The van der Waals surface area contributed by atoms with E-state index in [4.69, 9.17) is 16.5 Å². The first-order valence-corrected chi connectivity index (χ1v) is 7.13. The molecule has 0 radical (unpaired) electrons. The van der Waals surface area contributed by atoms with Crippen LogP contribution in [0.15, 0.2) is 29.2 Å². The molecule has 5 heteroatoms. The fraction of sp³-hybridized carbons (Fsp3) is 0.143. The van der Waals surface area contributed by atoms with Crippen LogP contribution in [-0.4, -0.2) is 11.6 Å². The van der Waals surface area contributed by atoms with Gasteiger partial charge in [-0.3, -0.25) is 4.57 Å². The van der Waals surface area contributed by atoms with E-state index in [9.17, 15) is 4.57 Å². The molecule has 0 spiro atoms. The van der Waals surface area contributed by atoms with Crippen LogP contribution in [0.4, 0.5) is 0 Å². The van der Waals surface area contributed by atoms with E-state index in [1.165, 1.54) is 6.66 Å². The van der Waals surface area contributed by atoms with Crippen molar-refractivity contribution in [1.82, 2.24) is 0 Å². The Bertz CT molecular complexity index is 306. The van der Waals surface area contributed by atoms with Crippen molar-refractivity contribution in [3.63, 3.8) is 0 Å². The first-order valence-electron chi connectivity index (χ1n) is 3.23. The minimum Gasteiger partial charge on any atom is -0.337 e. The zero-order valence-corrected chi connectivity index (χ0v) is 8.87. The van der Waals surface area contributed by atoms with Crippen LogP contribution in [0.25, 0.3) is 0 Å². The average molecular weight is 223 g/mol. The summed E-state index contributed by atoms with van der Waals surface area (Å²) in [4.78, 5) is 9.78. The van der Waals surface area contributed by atoms with Gasteiger partial charge in [0.05, 0.1) is 0 Å². The maximum Gasteiger partial charge on any atom is 0.256 e. The van der Waals surface area contributed by atoms with Gasteiger partial charge < -0.3 is 4.89 Å². The van der Waals surface area contributed by atoms with E-state index in [2.05, 4.69) is 0 Å². The van der Waals surface area contributed by atoms with Gasteiger partial charge in [-0.25, -0.2) is 0 Å². The van der Waals surface area contributed by atoms with E-state index in [-0.39, 0.29) is 0 Å². The zero-order valence-electron chi connectivity index (χ0n) is 6.40. The molecular formula is C7H8ClO2PS. The van der Waals surface area contributed by atoms with Crippen molar-refractivity contribution in [1.29, 1.82) is 0 Å². The second kappa shape index (κ2) is 3.84. The highest BCUT2D eigenvalue weighted by Crippen LogP contribution is 2.54. The van der Waals surface area contributed by atoms with Crippen LogP contribution in [0.3, 0.4) is 0 Å². The van der Waals surface area contributed by atoms with Crippen molar-refractivity contribution in [2.24, 2.45) is 0 Å². The van der Waals surface area contributed by atoms with E-state index >= 15 is 0 Å². The van der Waals surface area contributed by atoms with E-state index in [0.717, 1.165) is 16.3 Å². The highest BCUT2D eigenvalue weighted by molar-refractivity contribution is 8.56. The highest BCUT2D eigenvalue weighted by atomic mass is 35.5. The zero-order chi connectivity index (χ0) is 9.19. The van der Waals surface area contributed by atoms with Gasteiger partial charge in [0.15, 0.2) is 0 Å². The third-order valence-corrected chi connectivity index (χ3v) is 3.81. The van der Waals surface area contributed by atoms with Gasteiger partial charge in [0, 0.05) is 16.6 Å². The molecular weight excluding hydrogens is 215 g/mol. The molecule has 12 heavy (non-hydrogen) atoms. The second-order valence-electron chi connectivity index (χ2n) is 2.35. The Morgan fingerprint density at radius 2 is 1.92 bits per heavy atom. The normalized spacial score (nSPS) is 15.6. The first-order chi connectivity index (χ1) is 5.47. The smallest absolute Gasteiger partial charge is 0.256 e. The molecule has 0 aliphatic heterocycles. The lowest BCUT2D eigenvalue weighted by molar-refractivity contribution is 0.503. The molecule has 0 saturated heterocycles. The molecule has 1 aromatic rings. The molecule has 0 aliphatic rings. The largest absolute Gasteiger partial charge is 0.337 e. The Labute approximate surface area is 80.1 Å². The van der Waals surface area contributed by atoms with Gasteiger partial charge in [0.2, 0.25) is 0 Å². The highest BCUT2D eigenvalue weighted by Gasteiger charge is 2.11. The Hall–Kier alpha value is 0.0500. The molecule has 1 N–H and O–H groups in total. The summed E-state index contributed by atoms with van der Waals surface area (Å²) in [7, 11) is 0. The van der Waals surface area contributed by atoms with E-state index in [1.54, 1.807) is 24.3 Å². The maximum atomic E-state index is 11.0. The molecule has 0 saturated carbocycles. The lowest BCUT2D eigenvalue weighted by atomic mass is 10.4. The summed E-state index contributed by atoms with van der Waals surface area (Å²) in [6, 6.07) is 6.83. The monoisotopic (exact) mass is 222 g/mol. The van der Waals surface area contributed by atoms with Gasteiger partial charge in [0.25, 0.3) is 6.57 Å². The van der Waals surface area contributed by atoms with Gasteiger partial charge in [-0.2, -0.15) is 0 Å². The van der Waals surface area contributed by atoms with Gasteiger partial charge in [-0.1, -0.05) is 11.6 Å². The predicted octanol–water partition coefficient (Wildman–Crippen LogP) is 3.25. The van der Waals surface area contributed by atoms with Crippen LogP contribution < -0.4 is 0 Å². The molecule has 0 amide bonds. The van der Waals surface area contributed by atoms with Crippen LogP contribution >= 0.6 is 29.6 Å². The van der Waals surface area contributed by atoms with Gasteiger partial charge >= 0.3 is 0 Å². The molecule has 0 aromatic heterocycles. The summed E-state index contributed by atoms with van der Waals surface area (Å²) < 4.78 is 11.0. The van der Waals surface area contributed by atoms with Crippen LogP contribution in [-0.2, 0) is 4.57 Å². The molecule has 2 nitrogen and oxygen atoms in total. The Morgan fingerprint density at radius 3 is 2.33 bits per heavy atom. The summed E-state index contributed by atoms with van der Waals surface area (Å²) in [6.07, 6.45) is 0. The van der Waals surface area contributed by atoms with Crippen LogP contribution in [0.2, 0.25) is 5.02 Å². The lowest BCUT2D eigenvalue weighted by Crippen LogP contribution is -1.71. The van der Waals surface area contributed by atoms with E-state index < -0.39 is 6.57 Å². The summed E-state index contributed by atoms with van der Waals surface area (Å²) in [6.45, 7) is -1.72. The standard InChI is InChI=1S/C7H8ClO2PS/c1-11(9,10)12-7-4-2-6(8)3-5-7/h2-5H,1H3,(H,9,10). The van der Waals surface area contributed by atoms with Crippen molar-refractivity contribution < 1.29 is 9.46 Å². The Balaban J connectivity index is 2.78. The summed E-state index contributed by atoms with van der Waals surface area (Å²) >= 11 is 6.60. The van der Waals surface area contributed by atoms with Crippen LogP contribution in [0.5, 0.6) is 0 Å². The van der Waals surface area contributed by atoms with Crippen molar-refractivity contribution in [2.75, 3.05) is 6.66 Å². The fourth-order valence-corrected chi connectivity index (χ4v) is 3.00. The molecule has 0 heterocycles. The quantitative estimate of drug-likeness (QED) is 0.781. The van der Waals surface area contributed by atoms with Crippen LogP contribution in [0.1, 0.15) is 0 Å². The second-order valence-corrected chi connectivity index (χ2v) is 7.62. The molecule has 0 fully saturated rings. The van der Waals surface area contributed by atoms with Gasteiger partial charge in [-0.15, -0.1) is 0 Å². The average Bonchev–Trinajstić information content (AvgIpc) is 1.91.